The van der Waals surface area contributed by atoms with Crippen LogP contribution in [-0.4, -0.2) is 19.2 Å². The highest BCUT2D eigenvalue weighted by Crippen LogP contribution is 2.17. The van der Waals surface area contributed by atoms with Crippen LogP contribution in [0, 0.1) is 0 Å². The van der Waals surface area contributed by atoms with E-state index >= 15 is 0 Å². The second-order valence-corrected chi connectivity index (χ2v) is 3.82. The molecule has 0 amide bonds. The van der Waals surface area contributed by atoms with Crippen molar-refractivity contribution in [2.24, 2.45) is 5.73 Å². The van der Waals surface area contributed by atoms with Gasteiger partial charge in [0.25, 0.3) is 0 Å². The molecule has 0 saturated carbocycles. The summed E-state index contributed by atoms with van der Waals surface area (Å²) in [4.78, 5) is 0. The lowest BCUT2D eigenvalue weighted by Crippen LogP contribution is -2.16. The molecule has 3 heteroatoms. The normalized spacial score (nSPS) is 10.5. The third kappa shape index (κ3) is 4.11. The first-order valence-electron chi connectivity index (χ1n) is 5.99. The zero-order chi connectivity index (χ0) is 11.8. The van der Waals surface area contributed by atoms with E-state index in [0.717, 1.165) is 24.3 Å². The number of hydrogen-bond donors (Lipinski definition) is 2. The van der Waals surface area contributed by atoms with Crippen molar-refractivity contribution in [3.63, 3.8) is 0 Å². The van der Waals surface area contributed by atoms with Crippen LogP contribution in [0.4, 0.5) is 5.69 Å². The van der Waals surface area contributed by atoms with Gasteiger partial charge in [-0.15, -0.1) is 0 Å². The molecule has 3 N–H and O–H groups in total. The summed E-state index contributed by atoms with van der Waals surface area (Å²) in [7, 11) is 0. The highest BCUT2D eigenvalue weighted by atomic mass is 16.5. The van der Waals surface area contributed by atoms with Crippen molar-refractivity contribution < 1.29 is 4.74 Å². The van der Waals surface area contributed by atoms with Crippen molar-refractivity contribution in [2.45, 2.75) is 32.7 Å². The molecule has 0 spiro atoms. The fraction of sp³-hybridized carbons (Fsp3) is 0.538. The summed E-state index contributed by atoms with van der Waals surface area (Å²) in [5.41, 5.74) is 6.52. The van der Waals surface area contributed by atoms with Crippen LogP contribution < -0.4 is 15.8 Å². The third-order valence-corrected chi connectivity index (χ3v) is 2.60. The fourth-order valence-electron chi connectivity index (χ4n) is 1.55. The summed E-state index contributed by atoms with van der Waals surface area (Å²) in [6.07, 6.45) is 2.28. The molecule has 0 aliphatic heterocycles. The van der Waals surface area contributed by atoms with Crippen LogP contribution >= 0.6 is 0 Å². The van der Waals surface area contributed by atoms with Gasteiger partial charge >= 0.3 is 0 Å². The Labute approximate surface area is 98.0 Å². The van der Waals surface area contributed by atoms with Crippen molar-refractivity contribution in [3.05, 3.63) is 24.3 Å². The van der Waals surface area contributed by atoms with E-state index in [2.05, 4.69) is 19.2 Å². The highest BCUT2D eigenvalue weighted by Gasteiger charge is 2.02. The summed E-state index contributed by atoms with van der Waals surface area (Å²) in [5.74, 6) is 0.876. The number of anilines is 1. The zero-order valence-electron chi connectivity index (χ0n) is 10.2. The van der Waals surface area contributed by atoms with Crippen molar-refractivity contribution in [3.8, 4) is 5.75 Å². The molecular weight excluding hydrogens is 200 g/mol. The molecule has 3 nitrogen and oxygen atoms in total. The smallest absolute Gasteiger partial charge is 0.119 e. The molecule has 0 saturated heterocycles. The maximum atomic E-state index is 5.42. The van der Waals surface area contributed by atoms with Gasteiger partial charge in [-0.3, -0.25) is 0 Å². The predicted molar refractivity (Wildman–Crippen MR) is 69.0 cm³/mol. The van der Waals surface area contributed by atoms with Crippen molar-refractivity contribution >= 4 is 5.69 Å². The van der Waals surface area contributed by atoms with E-state index in [-0.39, 0.29) is 0 Å². The number of nitrogens with one attached hydrogen (secondary N) is 1. The van der Waals surface area contributed by atoms with Crippen LogP contribution in [0.3, 0.4) is 0 Å². The first-order valence-corrected chi connectivity index (χ1v) is 5.99. The maximum absolute atomic E-state index is 5.42. The van der Waals surface area contributed by atoms with E-state index in [0.29, 0.717) is 19.2 Å². The number of ether oxygens (including phenoxy) is 1. The number of hydrogen-bond acceptors (Lipinski definition) is 3. The molecule has 90 valence electrons. The molecule has 0 aliphatic rings. The highest BCUT2D eigenvalue weighted by molar-refractivity contribution is 5.47. The predicted octanol–water partition coefficient (Wildman–Crippen LogP) is 2.62. The summed E-state index contributed by atoms with van der Waals surface area (Å²) in [6, 6.07) is 8.59. The minimum absolute atomic E-state index is 0.549. The minimum atomic E-state index is 0.549. The molecule has 0 aromatic heterocycles. The van der Waals surface area contributed by atoms with Gasteiger partial charge in [0, 0.05) is 18.3 Å². The summed E-state index contributed by atoms with van der Waals surface area (Å²) >= 11 is 0. The van der Waals surface area contributed by atoms with Gasteiger partial charge in [-0.2, -0.15) is 0 Å². The second kappa shape index (κ2) is 7.12. The second-order valence-electron chi connectivity index (χ2n) is 3.82. The molecule has 0 heterocycles. The average molecular weight is 222 g/mol. The summed E-state index contributed by atoms with van der Waals surface area (Å²) in [5, 5.41) is 3.48. The van der Waals surface area contributed by atoms with Gasteiger partial charge in [0.15, 0.2) is 0 Å². The first-order chi connectivity index (χ1) is 7.80. The van der Waals surface area contributed by atoms with Gasteiger partial charge < -0.3 is 15.8 Å². The molecule has 1 aromatic rings. The average Bonchev–Trinajstić information content (AvgIpc) is 2.35. The molecule has 0 atom stereocenters. The van der Waals surface area contributed by atoms with E-state index in [9.17, 15) is 0 Å². The Morgan fingerprint density at radius 3 is 2.31 bits per heavy atom. The molecule has 1 aromatic carbocycles. The topological polar surface area (TPSA) is 47.3 Å². The van der Waals surface area contributed by atoms with Crippen LogP contribution in [0.1, 0.15) is 26.7 Å². The van der Waals surface area contributed by atoms with Crippen molar-refractivity contribution in [1.82, 2.24) is 0 Å². The van der Waals surface area contributed by atoms with E-state index in [4.69, 9.17) is 10.5 Å². The molecule has 16 heavy (non-hydrogen) atoms. The van der Waals surface area contributed by atoms with Gasteiger partial charge in [-0.1, -0.05) is 13.8 Å². The largest absolute Gasteiger partial charge is 0.492 e. The van der Waals surface area contributed by atoms with Gasteiger partial charge in [-0.05, 0) is 37.1 Å². The molecule has 0 fully saturated rings. The Bertz CT molecular complexity index is 280. The SMILES string of the molecule is CCC(CC)Nc1ccc(OCCN)cc1. The van der Waals surface area contributed by atoms with Gasteiger partial charge in [-0.25, -0.2) is 0 Å². The molecule has 0 unspecified atom stereocenters. The Kier molecular flexibility index (Phi) is 5.72. The number of rotatable bonds is 7. The molecule has 1 rings (SSSR count). The molecule has 0 aliphatic carbocycles. The van der Waals surface area contributed by atoms with Crippen LogP contribution in [0.5, 0.6) is 5.75 Å². The fourth-order valence-corrected chi connectivity index (χ4v) is 1.55. The van der Waals surface area contributed by atoms with Gasteiger partial charge in [0.05, 0.1) is 0 Å². The molecule has 0 radical (unpaired) electrons. The lowest BCUT2D eigenvalue weighted by molar-refractivity contribution is 0.328. The third-order valence-electron chi connectivity index (χ3n) is 2.60. The van der Waals surface area contributed by atoms with E-state index in [1.807, 2.05) is 24.3 Å². The Hall–Kier alpha value is -1.22. The van der Waals surface area contributed by atoms with Gasteiger partial charge in [0.2, 0.25) is 0 Å². The summed E-state index contributed by atoms with van der Waals surface area (Å²) in [6.45, 7) is 5.51. The number of benzene rings is 1. The maximum Gasteiger partial charge on any atom is 0.119 e. The molecule has 0 bridgehead atoms. The molecular formula is C13H22N2O. The minimum Gasteiger partial charge on any atom is -0.492 e. The van der Waals surface area contributed by atoms with Crippen LogP contribution in [0.15, 0.2) is 24.3 Å². The Morgan fingerprint density at radius 2 is 1.81 bits per heavy atom. The Morgan fingerprint density at radius 1 is 1.19 bits per heavy atom. The van der Waals surface area contributed by atoms with Crippen LogP contribution in [-0.2, 0) is 0 Å². The van der Waals surface area contributed by atoms with Crippen molar-refractivity contribution in [1.29, 1.82) is 0 Å². The first kappa shape index (κ1) is 12.8. The quantitative estimate of drug-likeness (QED) is 0.745. The lowest BCUT2D eigenvalue weighted by atomic mass is 10.1. The van der Waals surface area contributed by atoms with E-state index in [1.165, 1.54) is 0 Å². The lowest BCUT2D eigenvalue weighted by Gasteiger charge is -2.16. The Balaban J connectivity index is 2.50. The van der Waals surface area contributed by atoms with Crippen molar-refractivity contribution in [2.75, 3.05) is 18.5 Å². The standard InChI is InChI=1S/C13H22N2O/c1-3-11(4-2)15-12-5-7-13(8-6-12)16-10-9-14/h5-8,11,15H,3-4,9-10,14H2,1-2H3. The van der Waals surface area contributed by atoms with Crippen LogP contribution in [0.2, 0.25) is 0 Å². The monoisotopic (exact) mass is 222 g/mol. The summed E-state index contributed by atoms with van der Waals surface area (Å²) < 4.78 is 5.42. The van der Waals surface area contributed by atoms with E-state index < -0.39 is 0 Å². The van der Waals surface area contributed by atoms with E-state index in [1.54, 1.807) is 0 Å². The van der Waals surface area contributed by atoms with Crippen LogP contribution in [0.25, 0.3) is 0 Å². The van der Waals surface area contributed by atoms with Gasteiger partial charge in [0.1, 0.15) is 12.4 Å². The zero-order valence-corrected chi connectivity index (χ0v) is 10.2. The number of nitrogens with two attached hydrogens (primary N) is 1.